The number of carboxylic acid groups (broad SMARTS) is 1. The Bertz CT molecular complexity index is 1460. The average Bonchev–Trinajstić information content (AvgIpc) is 3.42. The Kier molecular flexibility index (Phi) is 7.77. The standard InChI is InChI=1S/C30H28N4O5/c35-26(36)17-19-9-11-20(12-10-19)21-13-15-24(16-14-21)31-28(38)29-33-34-30(39-29)32-25-8-4-7-23(18-25)27(37)22-5-2-1-3-6-22/h1-8,13-16,18-20H,9-12,17H2,(H,31,38)(H,32,34)(H,35,36)/t19-,20-. The van der Waals surface area contributed by atoms with Crippen molar-refractivity contribution in [2.75, 3.05) is 10.6 Å². The summed E-state index contributed by atoms with van der Waals surface area (Å²) in [6, 6.07) is 23.6. The highest BCUT2D eigenvalue weighted by Gasteiger charge is 2.24. The zero-order chi connectivity index (χ0) is 27.2. The largest absolute Gasteiger partial charge is 0.481 e. The number of ketones is 1. The second-order valence-corrected chi connectivity index (χ2v) is 9.70. The zero-order valence-corrected chi connectivity index (χ0v) is 21.2. The van der Waals surface area contributed by atoms with Gasteiger partial charge in [0.15, 0.2) is 5.78 Å². The Morgan fingerprint density at radius 1 is 0.821 bits per heavy atom. The fraction of sp³-hybridized carbons (Fsp3) is 0.233. The first-order valence-electron chi connectivity index (χ1n) is 12.9. The number of benzene rings is 3. The smallest absolute Gasteiger partial charge is 0.320 e. The van der Waals surface area contributed by atoms with E-state index in [4.69, 9.17) is 9.52 Å². The van der Waals surface area contributed by atoms with Gasteiger partial charge in [-0.05, 0) is 67.3 Å². The lowest BCUT2D eigenvalue weighted by molar-refractivity contribution is -0.138. The van der Waals surface area contributed by atoms with Crippen molar-refractivity contribution < 1.29 is 23.9 Å². The van der Waals surface area contributed by atoms with E-state index in [2.05, 4.69) is 20.8 Å². The van der Waals surface area contributed by atoms with Gasteiger partial charge in [0.1, 0.15) is 0 Å². The van der Waals surface area contributed by atoms with Crippen LogP contribution in [0, 0.1) is 5.92 Å². The Labute approximate surface area is 225 Å². The number of carbonyl (C=O) groups is 3. The van der Waals surface area contributed by atoms with Crippen LogP contribution in [0.5, 0.6) is 0 Å². The fourth-order valence-electron chi connectivity index (χ4n) is 4.95. The number of hydrogen-bond donors (Lipinski definition) is 3. The van der Waals surface area contributed by atoms with Crippen molar-refractivity contribution in [3.63, 3.8) is 0 Å². The predicted octanol–water partition coefficient (Wildman–Crippen LogP) is 6.05. The summed E-state index contributed by atoms with van der Waals surface area (Å²) in [5, 5.41) is 22.4. The van der Waals surface area contributed by atoms with E-state index in [1.165, 1.54) is 5.56 Å². The average molecular weight is 525 g/mol. The van der Waals surface area contributed by atoms with Crippen LogP contribution < -0.4 is 10.6 Å². The van der Waals surface area contributed by atoms with E-state index in [0.29, 0.717) is 28.4 Å². The lowest BCUT2D eigenvalue weighted by Gasteiger charge is -2.28. The summed E-state index contributed by atoms with van der Waals surface area (Å²) in [5.41, 5.74) is 3.44. The van der Waals surface area contributed by atoms with Crippen LogP contribution in [-0.4, -0.2) is 33.0 Å². The molecule has 1 saturated carbocycles. The van der Waals surface area contributed by atoms with Crippen molar-refractivity contribution in [3.8, 4) is 0 Å². The molecular formula is C30H28N4O5. The molecule has 0 aliphatic heterocycles. The second-order valence-electron chi connectivity index (χ2n) is 9.70. The Hall–Kier alpha value is -4.79. The molecular weight excluding hydrogens is 496 g/mol. The van der Waals surface area contributed by atoms with Crippen molar-refractivity contribution in [1.82, 2.24) is 10.2 Å². The molecule has 1 heterocycles. The summed E-state index contributed by atoms with van der Waals surface area (Å²) in [6.45, 7) is 0. The molecule has 39 heavy (non-hydrogen) atoms. The number of amides is 1. The molecule has 3 N–H and O–H groups in total. The molecule has 198 valence electrons. The van der Waals surface area contributed by atoms with Crippen molar-refractivity contribution in [3.05, 3.63) is 101 Å². The summed E-state index contributed by atoms with van der Waals surface area (Å²) < 4.78 is 5.49. The molecule has 0 atom stereocenters. The van der Waals surface area contributed by atoms with Crippen LogP contribution >= 0.6 is 0 Å². The maximum atomic E-state index is 12.7. The molecule has 9 heteroatoms. The highest BCUT2D eigenvalue weighted by Crippen LogP contribution is 2.37. The van der Waals surface area contributed by atoms with Gasteiger partial charge in [-0.25, -0.2) is 0 Å². The van der Waals surface area contributed by atoms with Gasteiger partial charge in [-0.2, -0.15) is 0 Å². The summed E-state index contributed by atoms with van der Waals surface area (Å²) in [4.78, 5) is 36.3. The summed E-state index contributed by atoms with van der Waals surface area (Å²) in [7, 11) is 0. The minimum atomic E-state index is -0.729. The van der Waals surface area contributed by atoms with Gasteiger partial charge in [0.25, 0.3) is 0 Å². The van der Waals surface area contributed by atoms with Gasteiger partial charge in [0.05, 0.1) is 0 Å². The maximum absolute atomic E-state index is 12.7. The van der Waals surface area contributed by atoms with Crippen LogP contribution in [0.1, 0.15) is 70.2 Å². The van der Waals surface area contributed by atoms with Crippen LogP contribution in [0.15, 0.2) is 83.3 Å². The lowest BCUT2D eigenvalue weighted by atomic mass is 9.77. The monoisotopic (exact) mass is 524 g/mol. The molecule has 4 aromatic rings. The molecule has 1 aromatic heterocycles. The van der Waals surface area contributed by atoms with Crippen LogP contribution in [-0.2, 0) is 4.79 Å². The molecule has 1 aliphatic carbocycles. The molecule has 3 aromatic carbocycles. The third-order valence-corrected chi connectivity index (χ3v) is 6.98. The first-order valence-corrected chi connectivity index (χ1v) is 12.9. The Morgan fingerprint density at radius 2 is 1.54 bits per heavy atom. The number of rotatable bonds is 9. The van der Waals surface area contributed by atoms with Gasteiger partial charge in [0.2, 0.25) is 0 Å². The first-order chi connectivity index (χ1) is 18.9. The highest BCUT2D eigenvalue weighted by molar-refractivity contribution is 6.09. The van der Waals surface area contributed by atoms with E-state index < -0.39 is 11.9 Å². The van der Waals surface area contributed by atoms with E-state index in [-0.39, 0.29) is 30.0 Å². The number of aromatic nitrogens is 2. The highest BCUT2D eigenvalue weighted by atomic mass is 16.4. The number of nitrogens with one attached hydrogen (secondary N) is 2. The molecule has 0 saturated heterocycles. The molecule has 5 rings (SSSR count). The van der Waals surface area contributed by atoms with Crippen LogP contribution in [0.25, 0.3) is 0 Å². The second kappa shape index (κ2) is 11.7. The van der Waals surface area contributed by atoms with Crippen LogP contribution in [0.3, 0.4) is 0 Å². The third kappa shape index (κ3) is 6.56. The van der Waals surface area contributed by atoms with Crippen LogP contribution in [0.4, 0.5) is 17.4 Å². The molecule has 0 radical (unpaired) electrons. The zero-order valence-electron chi connectivity index (χ0n) is 21.2. The number of anilines is 3. The molecule has 1 fully saturated rings. The first kappa shape index (κ1) is 25.8. The van der Waals surface area contributed by atoms with Crippen molar-refractivity contribution in [2.24, 2.45) is 5.92 Å². The molecule has 0 spiro atoms. The predicted molar refractivity (Wildman–Crippen MR) is 145 cm³/mol. The summed E-state index contributed by atoms with van der Waals surface area (Å²) in [6.07, 6.45) is 3.99. The summed E-state index contributed by atoms with van der Waals surface area (Å²) >= 11 is 0. The Morgan fingerprint density at radius 3 is 2.26 bits per heavy atom. The topological polar surface area (TPSA) is 134 Å². The minimum absolute atomic E-state index is 0.0262. The number of aliphatic carboxylic acids is 1. The fourth-order valence-corrected chi connectivity index (χ4v) is 4.95. The molecule has 1 aliphatic rings. The van der Waals surface area contributed by atoms with Gasteiger partial charge in [0, 0.05) is 28.9 Å². The number of carboxylic acids is 1. The lowest BCUT2D eigenvalue weighted by Crippen LogP contribution is -2.16. The number of nitrogens with zero attached hydrogens (tertiary/aromatic N) is 2. The van der Waals surface area contributed by atoms with Crippen LogP contribution in [0.2, 0.25) is 0 Å². The molecule has 9 nitrogen and oxygen atoms in total. The van der Waals surface area contributed by atoms with E-state index in [9.17, 15) is 14.4 Å². The van der Waals surface area contributed by atoms with Gasteiger partial charge in [-0.15, -0.1) is 5.10 Å². The SMILES string of the molecule is O=C(O)C[C@H]1CC[C@H](c2ccc(NC(=O)c3nnc(Nc4cccc(C(=O)c5ccccc5)c4)o3)cc2)CC1. The van der Waals surface area contributed by atoms with Crippen molar-refractivity contribution in [2.45, 2.75) is 38.0 Å². The van der Waals surface area contributed by atoms with Crippen molar-refractivity contribution >= 4 is 35.0 Å². The molecule has 0 bridgehead atoms. The third-order valence-electron chi connectivity index (χ3n) is 6.98. The molecule has 0 unspecified atom stereocenters. The van der Waals surface area contributed by atoms with E-state index in [1.54, 1.807) is 36.4 Å². The Balaban J connectivity index is 1.16. The van der Waals surface area contributed by atoms with E-state index in [1.807, 2.05) is 42.5 Å². The van der Waals surface area contributed by atoms with Crippen molar-refractivity contribution in [1.29, 1.82) is 0 Å². The summed E-state index contributed by atoms with van der Waals surface area (Å²) in [5.74, 6) is -0.924. The van der Waals surface area contributed by atoms with Gasteiger partial charge >= 0.3 is 23.8 Å². The van der Waals surface area contributed by atoms with Gasteiger partial charge in [-0.3, -0.25) is 14.4 Å². The quantitative estimate of drug-likeness (QED) is 0.225. The maximum Gasteiger partial charge on any atom is 0.320 e. The minimum Gasteiger partial charge on any atom is -0.481 e. The number of carbonyl (C=O) groups excluding carboxylic acids is 2. The van der Waals surface area contributed by atoms with Gasteiger partial charge < -0.3 is 20.2 Å². The van der Waals surface area contributed by atoms with E-state index >= 15 is 0 Å². The normalized spacial score (nSPS) is 16.8. The van der Waals surface area contributed by atoms with Gasteiger partial charge in [-0.1, -0.05) is 59.7 Å². The van der Waals surface area contributed by atoms with E-state index in [0.717, 1.165) is 25.7 Å². The number of hydrogen-bond acceptors (Lipinski definition) is 7. The molecule has 1 amide bonds.